The Balaban J connectivity index is 1.59. The number of nitrogens with one attached hydrogen (secondary N) is 1. The molecule has 0 bridgehead atoms. The standard InChI is InChI=1S/C28H31N3O3/c1-19(2)22-14-12-21(13-15-22)17-31-25-10-6-7-11-26(25)34-18-24(28(31)33)30-23(27(29)32)16-20-8-4-3-5-9-20/h3-15,19,23-24,30H,16-18H2,1-2H3,(H2,29,32)/t23-,24-/m0/s1. The molecule has 6 nitrogen and oxygen atoms in total. The van der Waals surface area contributed by atoms with Gasteiger partial charge in [0.15, 0.2) is 0 Å². The summed E-state index contributed by atoms with van der Waals surface area (Å²) in [5.41, 5.74) is 9.64. The molecule has 0 unspecified atom stereocenters. The van der Waals surface area contributed by atoms with Gasteiger partial charge in [0.1, 0.15) is 18.4 Å². The van der Waals surface area contributed by atoms with Gasteiger partial charge in [-0.25, -0.2) is 0 Å². The second kappa shape index (κ2) is 10.5. The fourth-order valence-electron chi connectivity index (χ4n) is 4.16. The van der Waals surface area contributed by atoms with E-state index in [2.05, 4.69) is 43.4 Å². The van der Waals surface area contributed by atoms with Crippen molar-refractivity contribution < 1.29 is 14.3 Å². The van der Waals surface area contributed by atoms with E-state index in [9.17, 15) is 9.59 Å². The Kier molecular flexibility index (Phi) is 7.28. The minimum absolute atomic E-state index is 0.108. The lowest BCUT2D eigenvalue weighted by Crippen LogP contribution is -2.55. The Hall–Kier alpha value is -3.64. The summed E-state index contributed by atoms with van der Waals surface area (Å²) in [6, 6.07) is 24.0. The molecule has 176 valence electrons. The molecule has 4 rings (SSSR count). The number of benzene rings is 3. The van der Waals surface area contributed by atoms with Gasteiger partial charge in [0.05, 0.1) is 18.3 Å². The van der Waals surface area contributed by atoms with Crippen molar-refractivity contribution in [3.05, 3.63) is 95.6 Å². The molecular formula is C28H31N3O3. The predicted octanol–water partition coefficient (Wildman–Crippen LogP) is 3.79. The van der Waals surface area contributed by atoms with Crippen LogP contribution in [0.25, 0.3) is 0 Å². The van der Waals surface area contributed by atoms with Crippen LogP contribution >= 0.6 is 0 Å². The van der Waals surface area contributed by atoms with Crippen molar-refractivity contribution in [2.24, 2.45) is 5.73 Å². The molecule has 1 aliphatic rings. The lowest BCUT2D eigenvalue weighted by molar-refractivity contribution is -0.123. The average molecular weight is 458 g/mol. The number of hydrogen-bond acceptors (Lipinski definition) is 4. The number of nitrogens with two attached hydrogens (primary N) is 1. The first-order valence-corrected chi connectivity index (χ1v) is 11.6. The Labute approximate surface area is 200 Å². The highest BCUT2D eigenvalue weighted by Crippen LogP contribution is 2.32. The molecule has 3 aromatic carbocycles. The molecular weight excluding hydrogens is 426 g/mol. The number of nitrogens with zero attached hydrogens (tertiary/aromatic N) is 1. The van der Waals surface area contributed by atoms with E-state index in [0.29, 0.717) is 30.3 Å². The summed E-state index contributed by atoms with van der Waals surface area (Å²) in [4.78, 5) is 27.7. The van der Waals surface area contributed by atoms with Crippen LogP contribution in [0.5, 0.6) is 5.75 Å². The number of rotatable bonds is 8. The van der Waals surface area contributed by atoms with Crippen molar-refractivity contribution in [3.8, 4) is 5.75 Å². The maximum absolute atomic E-state index is 13.7. The lowest BCUT2D eigenvalue weighted by atomic mass is 10.0. The number of hydrogen-bond donors (Lipinski definition) is 2. The molecule has 0 aliphatic carbocycles. The van der Waals surface area contributed by atoms with Gasteiger partial charge in [0.2, 0.25) is 11.8 Å². The number of carbonyl (C=O) groups is 2. The second-order valence-electron chi connectivity index (χ2n) is 8.96. The van der Waals surface area contributed by atoms with E-state index in [4.69, 9.17) is 10.5 Å². The predicted molar refractivity (Wildman–Crippen MR) is 134 cm³/mol. The first kappa shape index (κ1) is 23.5. The normalized spacial score (nSPS) is 16.5. The Morgan fingerprint density at radius 1 is 1.00 bits per heavy atom. The fraction of sp³-hybridized carbons (Fsp3) is 0.286. The third-order valence-electron chi connectivity index (χ3n) is 6.14. The molecule has 6 heteroatoms. The van der Waals surface area contributed by atoms with E-state index >= 15 is 0 Å². The number of anilines is 1. The molecule has 34 heavy (non-hydrogen) atoms. The molecule has 0 fully saturated rings. The van der Waals surface area contributed by atoms with Crippen LogP contribution in [0.1, 0.15) is 36.5 Å². The lowest BCUT2D eigenvalue weighted by Gasteiger charge is -2.27. The smallest absolute Gasteiger partial charge is 0.248 e. The molecule has 1 heterocycles. The number of ether oxygens (including phenoxy) is 1. The summed E-state index contributed by atoms with van der Waals surface area (Å²) in [6.45, 7) is 4.82. The highest BCUT2D eigenvalue weighted by molar-refractivity contribution is 5.99. The van der Waals surface area contributed by atoms with Crippen LogP contribution in [0.15, 0.2) is 78.9 Å². The molecule has 0 aromatic heterocycles. The van der Waals surface area contributed by atoms with E-state index in [0.717, 1.165) is 11.1 Å². The van der Waals surface area contributed by atoms with E-state index in [1.807, 2.05) is 54.6 Å². The zero-order valence-electron chi connectivity index (χ0n) is 19.6. The van der Waals surface area contributed by atoms with Crippen molar-refractivity contribution >= 4 is 17.5 Å². The maximum Gasteiger partial charge on any atom is 0.248 e. The van der Waals surface area contributed by atoms with Crippen molar-refractivity contribution in [2.75, 3.05) is 11.5 Å². The molecule has 0 saturated heterocycles. The third-order valence-corrected chi connectivity index (χ3v) is 6.14. The zero-order valence-corrected chi connectivity index (χ0v) is 19.6. The van der Waals surface area contributed by atoms with Crippen LogP contribution in [-0.4, -0.2) is 30.5 Å². The minimum atomic E-state index is -0.719. The second-order valence-corrected chi connectivity index (χ2v) is 8.96. The van der Waals surface area contributed by atoms with Gasteiger partial charge in [-0.3, -0.25) is 14.9 Å². The van der Waals surface area contributed by atoms with Gasteiger partial charge in [-0.05, 0) is 41.2 Å². The van der Waals surface area contributed by atoms with Gasteiger partial charge in [0.25, 0.3) is 0 Å². The number of carbonyl (C=O) groups excluding carboxylic acids is 2. The highest BCUT2D eigenvalue weighted by atomic mass is 16.5. The highest BCUT2D eigenvalue weighted by Gasteiger charge is 2.34. The third kappa shape index (κ3) is 5.46. The molecule has 3 aromatic rings. The molecule has 0 spiro atoms. The van der Waals surface area contributed by atoms with E-state index < -0.39 is 18.0 Å². The van der Waals surface area contributed by atoms with Crippen LogP contribution in [0.4, 0.5) is 5.69 Å². The van der Waals surface area contributed by atoms with Crippen LogP contribution in [-0.2, 0) is 22.6 Å². The monoisotopic (exact) mass is 457 g/mol. The maximum atomic E-state index is 13.7. The Morgan fingerprint density at radius 2 is 1.68 bits per heavy atom. The van der Waals surface area contributed by atoms with Crippen molar-refractivity contribution in [1.82, 2.24) is 5.32 Å². The van der Waals surface area contributed by atoms with Gasteiger partial charge < -0.3 is 15.4 Å². The zero-order chi connectivity index (χ0) is 24.1. The quantitative estimate of drug-likeness (QED) is 0.539. The number of amides is 2. The van der Waals surface area contributed by atoms with Crippen LogP contribution in [0.3, 0.4) is 0 Å². The summed E-state index contributed by atoms with van der Waals surface area (Å²) >= 11 is 0. The molecule has 2 atom stereocenters. The summed E-state index contributed by atoms with van der Waals surface area (Å²) in [6.07, 6.45) is 0.392. The Morgan fingerprint density at radius 3 is 2.35 bits per heavy atom. The first-order valence-electron chi connectivity index (χ1n) is 11.6. The topological polar surface area (TPSA) is 84.7 Å². The van der Waals surface area contributed by atoms with Crippen LogP contribution in [0, 0.1) is 0 Å². The molecule has 3 N–H and O–H groups in total. The summed E-state index contributed by atoms with van der Waals surface area (Å²) < 4.78 is 6.00. The van der Waals surface area contributed by atoms with Gasteiger partial charge in [0, 0.05) is 0 Å². The number of fused-ring (bicyclic) bond motifs is 1. The van der Waals surface area contributed by atoms with Gasteiger partial charge in [-0.15, -0.1) is 0 Å². The van der Waals surface area contributed by atoms with E-state index in [-0.39, 0.29) is 12.5 Å². The van der Waals surface area contributed by atoms with Crippen molar-refractivity contribution in [2.45, 2.75) is 44.8 Å². The summed E-state index contributed by atoms with van der Waals surface area (Å²) in [5, 5.41) is 3.18. The SMILES string of the molecule is CC(C)c1ccc(CN2C(=O)[C@@H](N[C@@H](Cc3ccccc3)C(N)=O)COc3ccccc32)cc1. The summed E-state index contributed by atoms with van der Waals surface area (Å²) in [7, 11) is 0. The molecule has 1 aliphatic heterocycles. The van der Waals surface area contributed by atoms with Crippen LogP contribution in [0.2, 0.25) is 0 Å². The first-order chi connectivity index (χ1) is 16.4. The van der Waals surface area contributed by atoms with Crippen molar-refractivity contribution in [1.29, 1.82) is 0 Å². The number of para-hydroxylation sites is 2. The van der Waals surface area contributed by atoms with E-state index in [1.165, 1.54) is 5.56 Å². The largest absolute Gasteiger partial charge is 0.489 e. The average Bonchev–Trinajstić information content (AvgIpc) is 2.97. The van der Waals surface area contributed by atoms with Gasteiger partial charge in [-0.1, -0.05) is 80.6 Å². The number of primary amides is 1. The van der Waals surface area contributed by atoms with E-state index in [1.54, 1.807) is 4.90 Å². The van der Waals surface area contributed by atoms with Crippen LogP contribution < -0.4 is 20.7 Å². The van der Waals surface area contributed by atoms with Gasteiger partial charge >= 0.3 is 0 Å². The summed E-state index contributed by atoms with van der Waals surface area (Å²) in [5.74, 6) is 0.413. The Bertz CT molecular complexity index is 1130. The van der Waals surface area contributed by atoms with Crippen molar-refractivity contribution in [3.63, 3.8) is 0 Å². The molecule has 0 saturated carbocycles. The molecule has 0 radical (unpaired) electrons. The minimum Gasteiger partial charge on any atom is -0.489 e. The van der Waals surface area contributed by atoms with Gasteiger partial charge in [-0.2, -0.15) is 0 Å². The fourth-order valence-corrected chi connectivity index (χ4v) is 4.16. The molecule has 2 amide bonds.